The van der Waals surface area contributed by atoms with Crippen molar-refractivity contribution in [3.8, 4) is 0 Å². The molecule has 3 atom stereocenters. The van der Waals surface area contributed by atoms with Crippen LogP contribution in [0.1, 0.15) is 43.4 Å². The van der Waals surface area contributed by atoms with E-state index >= 15 is 0 Å². The first-order valence-corrected chi connectivity index (χ1v) is 7.76. The fourth-order valence-corrected chi connectivity index (χ4v) is 2.71. The Kier molecular flexibility index (Phi) is 5.40. The van der Waals surface area contributed by atoms with Crippen molar-refractivity contribution in [2.75, 3.05) is 12.0 Å². The molecule has 1 rings (SSSR count). The van der Waals surface area contributed by atoms with Crippen LogP contribution in [0.2, 0.25) is 0 Å². The molecule has 1 N–H and O–H groups in total. The van der Waals surface area contributed by atoms with Crippen LogP contribution >= 0.6 is 0 Å². The van der Waals surface area contributed by atoms with E-state index in [1.54, 1.807) is 6.26 Å². The highest BCUT2D eigenvalue weighted by molar-refractivity contribution is 7.84. The van der Waals surface area contributed by atoms with Gasteiger partial charge in [-0.2, -0.15) is 0 Å². The molecular formula is C13H23NO2S. The summed E-state index contributed by atoms with van der Waals surface area (Å²) in [6, 6.07) is 2.72. The SMILES string of the molecule is Cc1cc(C(C)NC(C)CCS(C)=O)c(C)o1. The van der Waals surface area contributed by atoms with Gasteiger partial charge in [-0.15, -0.1) is 0 Å². The molecule has 0 aliphatic heterocycles. The molecule has 0 aliphatic carbocycles. The van der Waals surface area contributed by atoms with Crippen LogP contribution in [0.15, 0.2) is 10.5 Å². The smallest absolute Gasteiger partial charge is 0.105 e. The minimum Gasteiger partial charge on any atom is -0.466 e. The maximum absolute atomic E-state index is 11.0. The van der Waals surface area contributed by atoms with E-state index in [4.69, 9.17) is 4.42 Å². The van der Waals surface area contributed by atoms with Crippen molar-refractivity contribution in [2.24, 2.45) is 0 Å². The van der Waals surface area contributed by atoms with Gasteiger partial charge in [0.25, 0.3) is 0 Å². The zero-order valence-electron chi connectivity index (χ0n) is 11.4. The summed E-state index contributed by atoms with van der Waals surface area (Å²) in [7, 11) is -0.704. The molecule has 1 aromatic rings. The fraction of sp³-hybridized carbons (Fsp3) is 0.692. The van der Waals surface area contributed by atoms with Gasteiger partial charge in [0, 0.05) is 40.5 Å². The van der Waals surface area contributed by atoms with Gasteiger partial charge in [0.15, 0.2) is 0 Å². The highest BCUT2D eigenvalue weighted by Gasteiger charge is 2.14. The summed E-state index contributed by atoms with van der Waals surface area (Å²) in [5, 5.41) is 3.51. The average Bonchev–Trinajstić information content (AvgIpc) is 2.55. The van der Waals surface area contributed by atoms with E-state index in [0.29, 0.717) is 6.04 Å². The third-order valence-corrected chi connectivity index (χ3v) is 3.73. The topological polar surface area (TPSA) is 42.2 Å². The Labute approximate surface area is 106 Å². The lowest BCUT2D eigenvalue weighted by Gasteiger charge is -2.19. The summed E-state index contributed by atoms with van der Waals surface area (Å²) in [4.78, 5) is 0. The molecule has 3 unspecified atom stereocenters. The lowest BCUT2D eigenvalue weighted by atomic mass is 10.1. The number of hydrogen-bond donors (Lipinski definition) is 1. The van der Waals surface area contributed by atoms with Gasteiger partial charge in [0.1, 0.15) is 11.5 Å². The number of aryl methyl sites for hydroxylation is 2. The van der Waals surface area contributed by atoms with Gasteiger partial charge >= 0.3 is 0 Å². The van der Waals surface area contributed by atoms with Gasteiger partial charge in [-0.25, -0.2) is 0 Å². The van der Waals surface area contributed by atoms with Crippen molar-refractivity contribution in [3.05, 3.63) is 23.2 Å². The number of hydrogen-bond acceptors (Lipinski definition) is 3. The average molecular weight is 257 g/mol. The van der Waals surface area contributed by atoms with Crippen molar-refractivity contribution >= 4 is 10.8 Å². The van der Waals surface area contributed by atoms with Gasteiger partial charge < -0.3 is 9.73 Å². The highest BCUT2D eigenvalue weighted by atomic mass is 32.2. The Balaban J connectivity index is 2.51. The minimum atomic E-state index is -0.704. The Bertz CT molecular complexity index is 387. The molecule has 0 amide bonds. The van der Waals surface area contributed by atoms with Gasteiger partial charge in [0.05, 0.1) is 0 Å². The molecule has 0 spiro atoms. The van der Waals surface area contributed by atoms with Crippen LogP contribution in [-0.2, 0) is 10.8 Å². The maximum Gasteiger partial charge on any atom is 0.105 e. The molecule has 3 nitrogen and oxygen atoms in total. The standard InChI is InChI=1S/C13H23NO2S/c1-9(6-7-17(5)15)14-11(3)13-8-10(2)16-12(13)4/h8-9,11,14H,6-7H2,1-5H3. The molecule has 4 heteroatoms. The summed E-state index contributed by atoms with van der Waals surface area (Å²) in [6.45, 7) is 8.22. The molecule has 1 aromatic heterocycles. The third kappa shape index (κ3) is 4.64. The lowest BCUT2D eigenvalue weighted by Crippen LogP contribution is -2.30. The quantitative estimate of drug-likeness (QED) is 0.852. The van der Waals surface area contributed by atoms with Crippen LogP contribution < -0.4 is 5.32 Å². The van der Waals surface area contributed by atoms with Gasteiger partial charge in [-0.1, -0.05) is 0 Å². The molecule has 0 saturated heterocycles. The number of furan rings is 1. The van der Waals surface area contributed by atoms with Crippen LogP contribution in [0.5, 0.6) is 0 Å². The molecule has 0 bridgehead atoms. The summed E-state index contributed by atoms with van der Waals surface area (Å²) in [5.74, 6) is 2.69. The van der Waals surface area contributed by atoms with E-state index in [9.17, 15) is 4.21 Å². The van der Waals surface area contributed by atoms with Crippen molar-refractivity contribution in [3.63, 3.8) is 0 Å². The van der Waals surface area contributed by atoms with Gasteiger partial charge in [0.2, 0.25) is 0 Å². The summed E-state index contributed by atoms with van der Waals surface area (Å²) >= 11 is 0. The number of rotatable bonds is 6. The Morgan fingerprint density at radius 1 is 1.41 bits per heavy atom. The second-order valence-corrected chi connectivity index (χ2v) is 6.28. The summed E-state index contributed by atoms with van der Waals surface area (Å²) in [6.07, 6.45) is 2.68. The molecule has 0 aromatic carbocycles. The first-order chi connectivity index (χ1) is 7.90. The van der Waals surface area contributed by atoms with Crippen molar-refractivity contribution in [1.82, 2.24) is 5.32 Å². The molecular weight excluding hydrogens is 234 g/mol. The highest BCUT2D eigenvalue weighted by Crippen LogP contribution is 2.21. The van der Waals surface area contributed by atoms with Gasteiger partial charge in [-0.3, -0.25) is 4.21 Å². The van der Waals surface area contributed by atoms with E-state index in [1.807, 2.05) is 13.8 Å². The third-order valence-electron chi connectivity index (χ3n) is 2.92. The van der Waals surface area contributed by atoms with E-state index in [0.717, 1.165) is 23.7 Å². The van der Waals surface area contributed by atoms with E-state index < -0.39 is 10.8 Å². The Morgan fingerprint density at radius 2 is 2.06 bits per heavy atom. The number of nitrogens with one attached hydrogen (secondary N) is 1. The molecule has 0 radical (unpaired) electrons. The van der Waals surface area contributed by atoms with Crippen LogP contribution in [0.4, 0.5) is 0 Å². The minimum absolute atomic E-state index is 0.271. The first-order valence-electron chi connectivity index (χ1n) is 6.03. The largest absolute Gasteiger partial charge is 0.466 e. The second-order valence-electron chi connectivity index (χ2n) is 4.72. The Morgan fingerprint density at radius 3 is 2.53 bits per heavy atom. The van der Waals surface area contributed by atoms with Crippen LogP contribution in [0.25, 0.3) is 0 Å². The van der Waals surface area contributed by atoms with Crippen molar-refractivity contribution in [2.45, 2.75) is 46.2 Å². The molecule has 17 heavy (non-hydrogen) atoms. The summed E-state index contributed by atoms with van der Waals surface area (Å²) in [5.41, 5.74) is 1.21. The predicted octanol–water partition coefficient (Wildman–Crippen LogP) is 2.70. The van der Waals surface area contributed by atoms with Gasteiger partial charge in [-0.05, 0) is 40.2 Å². The fourth-order valence-electron chi connectivity index (χ4n) is 2.02. The first kappa shape index (κ1) is 14.5. The second kappa shape index (κ2) is 6.36. The van der Waals surface area contributed by atoms with Crippen LogP contribution in [0, 0.1) is 13.8 Å². The molecule has 0 fully saturated rings. The molecule has 98 valence electrons. The zero-order valence-corrected chi connectivity index (χ0v) is 12.2. The van der Waals surface area contributed by atoms with E-state index in [2.05, 4.69) is 25.2 Å². The molecule has 1 heterocycles. The zero-order chi connectivity index (χ0) is 13.0. The maximum atomic E-state index is 11.0. The monoisotopic (exact) mass is 257 g/mol. The molecule has 0 aliphatic rings. The van der Waals surface area contributed by atoms with Crippen LogP contribution in [-0.4, -0.2) is 22.3 Å². The normalized spacial score (nSPS) is 16.8. The van der Waals surface area contributed by atoms with Crippen molar-refractivity contribution < 1.29 is 8.63 Å². The molecule has 0 saturated carbocycles. The van der Waals surface area contributed by atoms with Crippen molar-refractivity contribution in [1.29, 1.82) is 0 Å². The Hall–Kier alpha value is -0.610. The van der Waals surface area contributed by atoms with Crippen LogP contribution in [0.3, 0.4) is 0 Å². The predicted molar refractivity (Wildman–Crippen MR) is 72.7 cm³/mol. The summed E-state index contributed by atoms with van der Waals surface area (Å²) < 4.78 is 16.6. The van der Waals surface area contributed by atoms with E-state index in [1.165, 1.54) is 5.56 Å². The lowest BCUT2D eigenvalue weighted by molar-refractivity contribution is 0.455. The van der Waals surface area contributed by atoms with E-state index in [-0.39, 0.29) is 6.04 Å².